The highest BCUT2D eigenvalue weighted by Gasteiger charge is 2.26. The molecule has 0 saturated carbocycles. The van der Waals surface area contributed by atoms with Crippen LogP contribution < -0.4 is 0 Å². The second kappa shape index (κ2) is 11.6. The van der Waals surface area contributed by atoms with Crippen LogP contribution in [0, 0.1) is 11.8 Å². The van der Waals surface area contributed by atoms with Crippen molar-refractivity contribution in [2.24, 2.45) is 11.8 Å². The van der Waals surface area contributed by atoms with Gasteiger partial charge in [-0.3, -0.25) is 0 Å². The smallest absolute Gasteiger partial charge is 0.183 e. The molecule has 0 aromatic heterocycles. The Morgan fingerprint density at radius 2 is 1.12 bits per heavy atom. The summed E-state index contributed by atoms with van der Waals surface area (Å²) in [6.45, 7) is 6.35. The van der Waals surface area contributed by atoms with Gasteiger partial charge in [0.1, 0.15) is 0 Å². The van der Waals surface area contributed by atoms with Crippen molar-refractivity contribution in [3.63, 3.8) is 0 Å². The zero-order valence-electron chi connectivity index (χ0n) is 15.3. The molecule has 0 radical (unpaired) electrons. The number of rotatable bonds is 3. The van der Waals surface area contributed by atoms with E-state index in [0.29, 0.717) is 77.9 Å². The van der Waals surface area contributed by atoms with Gasteiger partial charge in [0.25, 0.3) is 0 Å². The number of hydrogen-bond acceptors (Lipinski definition) is 6. The van der Waals surface area contributed by atoms with Gasteiger partial charge in [-0.05, 0) is 6.42 Å². The quantitative estimate of drug-likeness (QED) is 0.819. The summed E-state index contributed by atoms with van der Waals surface area (Å²) in [5.41, 5.74) is 1.07. The molecule has 3 rings (SSSR count). The van der Waals surface area contributed by atoms with E-state index in [-0.39, 0.29) is 6.29 Å². The van der Waals surface area contributed by atoms with Crippen LogP contribution in [0.25, 0.3) is 0 Å². The van der Waals surface area contributed by atoms with E-state index in [0.717, 1.165) is 12.0 Å². The lowest BCUT2D eigenvalue weighted by Gasteiger charge is -2.31. The van der Waals surface area contributed by atoms with Crippen molar-refractivity contribution < 1.29 is 28.4 Å². The van der Waals surface area contributed by atoms with Gasteiger partial charge in [-0.1, -0.05) is 30.3 Å². The summed E-state index contributed by atoms with van der Waals surface area (Å²) >= 11 is 0. The van der Waals surface area contributed by atoms with Crippen molar-refractivity contribution in [2.75, 3.05) is 66.1 Å². The van der Waals surface area contributed by atoms with Crippen LogP contribution in [0.1, 0.15) is 18.3 Å². The van der Waals surface area contributed by atoms with Gasteiger partial charge in [0.2, 0.25) is 0 Å². The average molecular weight is 366 g/mol. The predicted octanol–water partition coefficient (Wildman–Crippen LogP) is 2.43. The van der Waals surface area contributed by atoms with E-state index in [1.165, 1.54) is 0 Å². The molecular formula is C20H30O6. The molecule has 0 unspecified atom stereocenters. The first kappa shape index (κ1) is 19.7. The predicted molar refractivity (Wildman–Crippen MR) is 96.0 cm³/mol. The lowest BCUT2D eigenvalue weighted by molar-refractivity contribution is -0.208. The summed E-state index contributed by atoms with van der Waals surface area (Å²) in [7, 11) is 0. The van der Waals surface area contributed by atoms with Gasteiger partial charge in [0.05, 0.1) is 66.1 Å². The monoisotopic (exact) mass is 366 g/mol. The van der Waals surface area contributed by atoms with Crippen molar-refractivity contribution in [3.05, 3.63) is 35.9 Å². The van der Waals surface area contributed by atoms with Gasteiger partial charge in [-0.25, -0.2) is 0 Å². The Labute approximate surface area is 155 Å². The third-order valence-electron chi connectivity index (χ3n) is 4.53. The van der Waals surface area contributed by atoms with Gasteiger partial charge in [0.15, 0.2) is 6.29 Å². The molecule has 26 heavy (non-hydrogen) atoms. The van der Waals surface area contributed by atoms with E-state index in [2.05, 4.69) is 0 Å². The van der Waals surface area contributed by atoms with Crippen LogP contribution >= 0.6 is 0 Å². The normalized spacial score (nSPS) is 27.8. The largest absolute Gasteiger partial charge is 0.379 e. The molecule has 0 atom stereocenters. The van der Waals surface area contributed by atoms with Gasteiger partial charge >= 0.3 is 0 Å². The maximum Gasteiger partial charge on any atom is 0.183 e. The Balaban J connectivity index is 1.42. The van der Waals surface area contributed by atoms with Gasteiger partial charge in [-0.15, -0.1) is 0 Å². The van der Waals surface area contributed by atoms with Crippen molar-refractivity contribution in [1.82, 2.24) is 0 Å². The third kappa shape index (κ3) is 6.95. The Kier molecular flexibility index (Phi) is 8.84. The molecule has 146 valence electrons. The maximum atomic E-state index is 5.93. The van der Waals surface area contributed by atoms with Crippen LogP contribution in [-0.4, -0.2) is 66.1 Å². The lowest BCUT2D eigenvalue weighted by atomic mass is 9.96. The second-order valence-electron chi connectivity index (χ2n) is 6.75. The van der Waals surface area contributed by atoms with Crippen LogP contribution in [0.2, 0.25) is 0 Å². The molecular weight excluding hydrogens is 336 g/mol. The molecule has 0 bridgehead atoms. The fraction of sp³-hybridized carbons (Fsp3) is 0.700. The molecule has 2 fully saturated rings. The average Bonchev–Trinajstić information content (AvgIpc) is 2.72. The van der Waals surface area contributed by atoms with Crippen LogP contribution in [0.5, 0.6) is 0 Å². The number of ether oxygens (including phenoxy) is 6. The Bertz CT molecular complexity index is 460. The summed E-state index contributed by atoms with van der Waals surface area (Å²) in [6, 6.07) is 10.1. The van der Waals surface area contributed by atoms with E-state index in [9.17, 15) is 0 Å². The number of benzene rings is 1. The molecule has 6 heteroatoms. The zero-order chi connectivity index (χ0) is 17.9. The van der Waals surface area contributed by atoms with Crippen molar-refractivity contribution in [2.45, 2.75) is 12.7 Å². The zero-order valence-corrected chi connectivity index (χ0v) is 15.3. The minimum Gasteiger partial charge on any atom is -0.379 e. The highest BCUT2D eigenvalue weighted by atomic mass is 16.7. The van der Waals surface area contributed by atoms with E-state index < -0.39 is 0 Å². The summed E-state index contributed by atoms with van der Waals surface area (Å²) in [6.07, 6.45) is 0.706. The molecule has 1 aromatic rings. The molecule has 0 aliphatic carbocycles. The van der Waals surface area contributed by atoms with E-state index in [4.69, 9.17) is 28.4 Å². The van der Waals surface area contributed by atoms with Gasteiger partial charge in [0, 0.05) is 17.4 Å². The summed E-state index contributed by atoms with van der Waals surface area (Å²) in [4.78, 5) is 0. The van der Waals surface area contributed by atoms with E-state index in [1.54, 1.807) is 0 Å². The molecule has 0 N–H and O–H groups in total. The molecule has 2 saturated heterocycles. The van der Waals surface area contributed by atoms with Crippen molar-refractivity contribution in [3.8, 4) is 0 Å². The molecule has 0 amide bonds. The fourth-order valence-electron chi connectivity index (χ4n) is 3.20. The fourth-order valence-corrected chi connectivity index (χ4v) is 3.20. The van der Waals surface area contributed by atoms with Crippen molar-refractivity contribution in [1.29, 1.82) is 0 Å². The molecule has 2 heterocycles. The molecule has 0 spiro atoms. The Morgan fingerprint density at radius 3 is 1.69 bits per heavy atom. The minimum atomic E-state index is -0.255. The first-order chi connectivity index (χ1) is 12.9. The third-order valence-corrected chi connectivity index (χ3v) is 4.53. The molecule has 6 nitrogen and oxygen atoms in total. The van der Waals surface area contributed by atoms with Crippen molar-refractivity contribution >= 4 is 0 Å². The lowest BCUT2D eigenvalue weighted by Crippen LogP contribution is -2.31. The standard InChI is InChI=1S/C20H30O6/c1-2-4-19(5-3-1)20-25-15-18(16-26-20)12-17-13-23-10-8-21-6-7-22-9-11-24-14-17/h1-5,17-18,20H,6-16H2. The van der Waals surface area contributed by atoms with Crippen LogP contribution in [0.15, 0.2) is 30.3 Å². The van der Waals surface area contributed by atoms with E-state index >= 15 is 0 Å². The summed E-state index contributed by atoms with van der Waals surface area (Å²) in [5.74, 6) is 0.677. The first-order valence-corrected chi connectivity index (χ1v) is 9.51. The maximum absolute atomic E-state index is 5.93. The highest BCUT2D eigenvalue weighted by molar-refractivity contribution is 5.16. The topological polar surface area (TPSA) is 55.4 Å². The molecule has 2 aliphatic rings. The van der Waals surface area contributed by atoms with Crippen LogP contribution in [0.4, 0.5) is 0 Å². The van der Waals surface area contributed by atoms with Gasteiger partial charge < -0.3 is 28.4 Å². The molecule has 1 aromatic carbocycles. The summed E-state index contributed by atoms with van der Waals surface area (Å²) in [5, 5.41) is 0. The Hall–Kier alpha value is -1.02. The Morgan fingerprint density at radius 1 is 0.615 bits per heavy atom. The highest BCUT2D eigenvalue weighted by Crippen LogP contribution is 2.27. The summed E-state index contributed by atoms with van der Waals surface area (Å²) < 4.78 is 34.3. The van der Waals surface area contributed by atoms with Crippen LogP contribution in [0.3, 0.4) is 0 Å². The number of hydrogen-bond donors (Lipinski definition) is 0. The molecule has 2 aliphatic heterocycles. The van der Waals surface area contributed by atoms with E-state index in [1.807, 2.05) is 30.3 Å². The first-order valence-electron chi connectivity index (χ1n) is 9.51. The van der Waals surface area contributed by atoms with Gasteiger partial charge in [-0.2, -0.15) is 0 Å². The minimum absolute atomic E-state index is 0.255. The van der Waals surface area contributed by atoms with Crippen LogP contribution in [-0.2, 0) is 28.4 Å². The SMILES string of the molecule is c1ccc(C2OCC(CC3COCCOCCOCCOC3)CO2)cc1. The second-order valence-corrected chi connectivity index (χ2v) is 6.75.